The minimum atomic E-state index is -0.135. The van der Waals surface area contributed by atoms with E-state index in [9.17, 15) is 4.79 Å². The fraction of sp³-hybridized carbons (Fsp3) is 0.375. The van der Waals surface area contributed by atoms with E-state index in [4.69, 9.17) is 0 Å². The summed E-state index contributed by atoms with van der Waals surface area (Å²) in [6.45, 7) is 2.01. The summed E-state index contributed by atoms with van der Waals surface area (Å²) in [5.41, 5.74) is 2.70. The van der Waals surface area contributed by atoms with Gasteiger partial charge in [0.2, 0.25) is 11.9 Å². The molecule has 0 unspecified atom stereocenters. The van der Waals surface area contributed by atoms with Crippen molar-refractivity contribution in [3.05, 3.63) is 41.6 Å². The highest BCUT2D eigenvalue weighted by Gasteiger charge is 2.29. The number of carbonyl (C=O) groups is 1. The van der Waals surface area contributed by atoms with Gasteiger partial charge in [-0.2, -0.15) is 0 Å². The van der Waals surface area contributed by atoms with Crippen molar-refractivity contribution in [2.75, 3.05) is 5.32 Å². The molecular formula is C16H18N6O. The van der Waals surface area contributed by atoms with Gasteiger partial charge in [-0.05, 0) is 31.4 Å². The quantitative estimate of drug-likeness (QED) is 0.797. The summed E-state index contributed by atoms with van der Waals surface area (Å²) in [5, 5.41) is 11.1. The molecule has 7 nitrogen and oxygen atoms in total. The topological polar surface area (TPSA) is 77.1 Å². The molecule has 1 amide bonds. The first-order valence-corrected chi connectivity index (χ1v) is 7.74. The second kappa shape index (κ2) is 5.19. The van der Waals surface area contributed by atoms with Crippen LogP contribution >= 0.6 is 0 Å². The van der Waals surface area contributed by atoms with Gasteiger partial charge in [0, 0.05) is 25.4 Å². The van der Waals surface area contributed by atoms with Gasteiger partial charge in [-0.1, -0.05) is 6.07 Å². The van der Waals surface area contributed by atoms with Crippen molar-refractivity contribution in [2.24, 2.45) is 7.05 Å². The number of nitrogens with zero attached hydrogens (tertiary/aromatic N) is 5. The van der Waals surface area contributed by atoms with Crippen molar-refractivity contribution in [1.29, 1.82) is 0 Å². The number of hydrogen-bond donors (Lipinski definition) is 1. The molecule has 4 rings (SSSR count). The molecule has 1 aliphatic rings. The van der Waals surface area contributed by atoms with Crippen LogP contribution < -0.4 is 5.32 Å². The molecule has 0 saturated heterocycles. The second-order valence-corrected chi connectivity index (χ2v) is 6.09. The van der Waals surface area contributed by atoms with E-state index >= 15 is 0 Å². The third kappa shape index (κ3) is 2.58. The average Bonchev–Trinajstić information content (AvgIpc) is 3.17. The highest BCUT2D eigenvalue weighted by molar-refractivity contribution is 5.90. The number of rotatable bonds is 4. The first kappa shape index (κ1) is 13.9. The van der Waals surface area contributed by atoms with Crippen LogP contribution in [0.25, 0.3) is 5.65 Å². The van der Waals surface area contributed by atoms with Crippen molar-refractivity contribution in [2.45, 2.75) is 32.1 Å². The molecule has 1 fully saturated rings. The van der Waals surface area contributed by atoms with E-state index in [0.717, 1.165) is 35.6 Å². The normalized spacial score (nSPS) is 14.3. The molecule has 118 valence electrons. The predicted molar refractivity (Wildman–Crippen MR) is 85.2 cm³/mol. The monoisotopic (exact) mass is 310 g/mol. The van der Waals surface area contributed by atoms with Gasteiger partial charge in [0.15, 0.2) is 0 Å². The molecule has 23 heavy (non-hydrogen) atoms. The maximum absolute atomic E-state index is 12.2. The Morgan fingerprint density at radius 2 is 2.22 bits per heavy atom. The fourth-order valence-electron chi connectivity index (χ4n) is 2.77. The number of fused-ring (bicyclic) bond motifs is 1. The predicted octanol–water partition coefficient (Wildman–Crippen LogP) is 1.83. The molecule has 0 bridgehead atoms. The second-order valence-electron chi connectivity index (χ2n) is 6.09. The first-order valence-electron chi connectivity index (χ1n) is 7.74. The molecule has 0 aliphatic heterocycles. The van der Waals surface area contributed by atoms with E-state index in [0.29, 0.717) is 11.9 Å². The number of aryl methyl sites for hydroxylation is 1. The van der Waals surface area contributed by atoms with Crippen LogP contribution in [0.3, 0.4) is 0 Å². The molecule has 3 aromatic rings. The summed E-state index contributed by atoms with van der Waals surface area (Å²) in [4.78, 5) is 16.8. The smallest absolute Gasteiger partial charge is 0.232 e. The zero-order chi connectivity index (χ0) is 16.0. The summed E-state index contributed by atoms with van der Waals surface area (Å²) >= 11 is 0. The minimum absolute atomic E-state index is 0.135. The van der Waals surface area contributed by atoms with Crippen LogP contribution in [0.2, 0.25) is 0 Å². The molecule has 1 aliphatic carbocycles. The molecule has 1 N–H and O–H groups in total. The van der Waals surface area contributed by atoms with Crippen molar-refractivity contribution < 1.29 is 4.79 Å². The zero-order valence-corrected chi connectivity index (χ0v) is 13.2. The number of imidazole rings is 1. The van der Waals surface area contributed by atoms with Crippen LogP contribution in [-0.2, 0) is 18.3 Å². The van der Waals surface area contributed by atoms with Crippen molar-refractivity contribution in [1.82, 2.24) is 24.1 Å². The van der Waals surface area contributed by atoms with Gasteiger partial charge in [0.25, 0.3) is 0 Å². The summed E-state index contributed by atoms with van der Waals surface area (Å²) in [7, 11) is 1.89. The van der Waals surface area contributed by atoms with Gasteiger partial charge in [0.05, 0.1) is 12.1 Å². The third-order valence-corrected chi connectivity index (χ3v) is 4.17. The molecule has 3 heterocycles. The Morgan fingerprint density at radius 1 is 1.39 bits per heavy atom. The van der Waals surface area contributed by atoms with E-state index in [1.54, 1.807) is 0 Å². The Morgan fingerprint density at radius 3 is 2.96 bits per heavy atom. The molecule has 7 heteroatoms. The maximum atomic E-state index is 12.2. The van der Waals surface area contributed by atoms with E-state index < -0.39 is 0 Å². The van der Waals surface area contributed by atoms with Crippen LogP contribution in [0.4, 0.5) is 5.95 Å². The molecule has 0 spiro atoms. The number of nitrogens with one attached hydrogen (secondary N) is 1. The van der Waals surface area contributed by atoms with Gasteiger partial charge in [-0.3, -0.25) is 10.1 Å². The third-order valence-electron chi connectivity index (χ3n) is 4.17. The standard InChI is InChI=1S/C16H18N6O/c1-10-4-3-7-22-9-12(17-14(10)22)8-13(23)18-16-20-19-15(21(16)2)11-5-6-11/h3-4,7,9,11H,5-6,8H2,1-2H3,(H,18,20,23). The summed E-state index contributed by atoms with van der Waals surface area (Å²) in [5.74, 6) is 1.81. The Labute approximate surface area is 133 Å². The molecule has 3 aromatic heterocycles. The van der Waals surface area contributed by atoms with Gasteiger partial charge in [-0.25, -0.2) is 4.98 Å². The van der Waals surface area contributed by atoms with Crippen LogP contribution in [0.1, 0.15) is 35.8 Å². The van der Waals surface area contributed by atoms with Crippen molar-refractivity contribution in [3.8, 4) is 0 Å². The lowest BCUT2D eigenvalue weighted by Gasteiger charge is -2.04. The van der Waals surface area contributed by atoms with E-state index in [2.05, 4.69) is 20.5 Å². The summed E-state index contributed by atoms with van der Waals surface area (Å²) < 4.78 is 3.80. The van der Waals surface area contributed by atoms with Crippen LogP contribution in [0.15, 0.2) is 24.5 Å². The van der Waals surface area contributed by atoms with Crippen LogP contribution in [0.5, 0.6) is 0 Å². The number of pyridine rings is 1. The van der Waals surface area contributed by atoms with Crippen molar-refractivity contribution >= 4 is 17.5 Å². The number of amides is 1. The van der Waals surface area contributed by atoms with Crippen LogP contribution in [0, 0.1) is 6.92 Å². The van der Waals surface area contributed by atoms with Crippen molar-refractivity contribution in [3.63, 3.8) is 0 Å². The van der Waals surface area contributed by atoms with Gasteiger partial charge in [0.1, 0.15) is 11.5 Å². The number of carbonyl (C=O) groups excluding carboxylic acids is 1. The molecule has 0 atom stereocenters. The summed E-state index contributed by atoms with van der Waals surface area (Å²) in [6.07, 6.45) is 6.34. The summed E-state index contributed by atoms with van der Waals surface area (Å²) in [6, 6.07) is 3.97. The Balaban J connectivity index is 1.49. The van der Waals surface area contributed by atoms with Gasteiger partial charge in [-0.15, -0.1) is 10.2 Å². The fourth-order valence-corrected chi connectivity index (χ4v) is 2.77. The van der Waals surface area contributed by atoms with E-state index in [-0.39, 0.29) is 12.3 Å². The number of aromatic nitrogens is 5. The SMILES string of the molecule is Cc1cccn2cc(CC(=O)Nc3nnc(C4CC4)n3C)nc12. The maximum Gasteiger partial charge on any atom is 0.232 e. The lowest BCUT2D eigenvalue weighted by molar-refractivity contribution is -0.115. The minimum Gasteiger partial charge on any atom is -0.307 e. The van der Waals surface area contributed by atoms with Gasteiger partial charge < -0.3 is 8.97 Å². The highest BCUT2D eigenvalue weighted by atomic mass is 16.1. The Kier molecular flexibility index (Phi) is 3.14. The highest BCUT2D eigenvalue weighted by Crippen LogP contribution is 2.39. The molecule has 1 saturated carbocycles. The van der Waals surface area contributed by atoms with Crippen LogP contribution in [-0.4, -0.2) is 30.1 Å². The number of hydrogen-bond acceptors (Lipinski definition) is 4. The zero-order valence-electron chi connectivity index (χ0n) is 13.2. The lowest BCUT2D eigenvalue weighted by atomic mass is 10.3. The Hall–Kier alpha value is -2.70. The lowest BCUT2D eigenvalue weighted by Crippen LogP contribution is -2.17. The first-order chi connectivity index (χ1) is 11.1. The Bertz CT molecular complexity index is 889. The van der Waals surface area contributed by atoms with E-state index in [1.807, 2.05) is 47.5 Å². The number of anilines is 1. The van der Waals surface area contributed by atoms with Gasteiger partial charge >= 0.3 is 0 Å². The van der Waals surface area contributed by atoms with E-state index in [1.165, 1.54) is 0 Å². The largest absolute Gasteiger partial charge is 0.307 e. The molecular weight excluding hydrogens is 292 g/mol. The molecule has 0 aromatic carbocycles. The molecule has 0 radical (unpaired) electrons. The average molecular weight is 310 g/mol.